The van der Waals surface area contributed by atoms with Gasteiger partial charge < -0.3 is 10.1 Å². The largest absolute Gasteiger partial charge is 0.381 e. The minimum absolute atomic E-state index is 0.154. The summed E-state index contributed by atoms with van der Waals surface area (Å²) in [5, 5.41) is 7.11. The summed E-state index contributed by atoms with van der Waals surface area (Å²) >= 11 is 0. The van der Waals surface area contributed by atoms with E-state index in [0.717, 1.165) is 45.4 Å². The Bertz CT molecular complexity index is 397. The van der Waals surface area contributed by atoms with Crippen LogP contribution in [0.25, 0.3) is 0 Å². The highest BCUT2D eigenvalue weighted by molar-refractivity contribution is 5.76. The van der Waals surface area contributed by atoms with Gasteiger partial charge >= 0.3 is 0 Å². The van der Waals surface area contributed by atoms with E-state index in [1.807, 2.05) is 19.4 Å². The molecule has 106 valence electrons. The number of ether oxygens (including phenoxy) is 1. The van der Waals surface area contributed by atoms with Gasteiger partial charge in [-0.15, -0.1) is 0 Å². The van der Waals surface area contributed by atoms with Gasteiger partial charge in [0.15, 0.2) is 0 Å². The maximum Gasteiger partial charge on any atom is 0.220 e. The zero-order valence-corrected chi connectivity index (χ0v) is 11.6. The molecule has 1 saturated heterocycles. The van der Waals surface area contributed by atoms with Crippen molar-refractivity contribution < 1.29 is 9.53 Å². The number of nitrogens with zero attached hydrogens (tertiary/aromatic N) is 2. The van der Waals surface area contributed by atoms with Gasteiger partial charge in [0.25, 0.3) is 0 Å². The summed E-state index contributed by atoms with van der Waals surface area (Å²) in [7, 11) is 1.91. The number of hydrogen-bond donors (Lipinski definition) is 1. The molecule has 1 aromatic rings. The molecule has 1 aromatic heterocycles. The highest BCUT2D eigenvalue weighted by atomic mass is 16.5. The lowest BCUT2D eigenvalue weighted by molar-refractivity contribution is -0.123. The van der Waals surface area contributed by atoms with Crippen molar-refractivity contribution in [3.05, 3.63) is 18.0 Å². The van der Waals surface area contributed by atoms with Crippen molar-refractivity contribution >= 4 is 5.91 Å². The van der Waals surface area contributed by atoms with Gasteiger partial charge in [-0.3, -0.25) is 9.48 Å². The third-order valence-corrected chi connectivity index (χ3v) is 3.45. The lowest BCUT2D eigenvalue weighted by Gasteiger charge is -2.21. The Hall–Kier alpha value is -1.36. The lowest BCUT2D eigenvalue weighted by atomic mass is 9.98. The summed E-state index contributed by atoms with van der Waals surface area (Å²) in [5.74, 6) is 0.564. The molecule has 0 bridgehead atoms. The average molecular weight is 265 g/mol. The first kappa shape index (κ1) is 14.1. The van der Waals surface area contributed by atoms with E-state index < -0.39 is 0 Å². The van der Waals surface area contributed by atoms with Crippen LogP contribution in [0, 0.1) is 5.92 Å². The summed E-state index contributed by atoms with van der Waals surface area (Å²) in [4.78, 5) is 11.7. The quantitative estimate of drug-likeness (QED) is 0.788. The van der Waals surface area contributed by atoms with Crippen molar-refractivity contribution in [3.8, 4) is 0 Å². The molecule has 0 radical (unpaired) electrons. The molecule has 1 aliphatic rings. The Kier molecular flexibility index (Phi) is 5.39. The molecule has 1 atom stereocenters. The third-order valence-electron chi connectivity index (χ3n) is 3.45. The molecule has 0 saturated carbocycles. The number of hydrogen-bond acceptors (Lipinski definition) is 3. The first-order valence-corrected chi connectivity index (χ1v) is 7.06. The average Bonchev–Trinajstić information content (AvgIpc) is 2.82. The van der Waals surface area contributed by atoms with Crippen LogP contribution >= 0.6 is 0 Å². The third kappa shape index (κ3) is 5.03. The van der Waals surface area contributed by atoms with Crippen molar-refractivity contribution in [2.75, 3.05) is 19.8 Å². The molecular formula is C14H23N3O2. The number of aromatic nitrogens is 2. The van der Waals surface area contributed by atoms with E-state index in [9.17, 15) is 4.79 Å². The van der Waals surface area contributed by atoms with Crippen LogP contribution in [0.1, 0.15) is 31.2 Å². The van der Waals surface area contributed by atoms with E-state index in [2.05, 4.69) is 10.4 Å². The van der Waals surface area contributed by atoms with Crippen LogP contribution in [0.4, 0.5) is 0 Å². The Morgan fingerprint density at radius 3 is 3.21 bits per heavy atom. The van der Waals surface area contributed by atoms with Gasteiger partial charge in [-0.1, -0.05) is 0 Å². The van der Waals surface area contributed by atoms with Crippen LogP contribution in [0.15, 0.2) is 12.4 Å². The van der Waals surface area contributed by atoms with Crippen LogP contribution < -0.4 is 5.32 Å². The molecule has 5 nitrogen and oxygen atoms in total. The molecule has 2 heterocycles. The Morgan fingerprint density at radius 2 is 2.53 bits per heavy atom. The van der Waals surface area contributed by atoms with E-state index in [1.54, 1.807) is 4.68 Å². The SMILES string of the molecule is Cn1cc(CCCNC(=O)C[C@H]2CCCOC2)cn1. The zero-order chi connectivity index (χ0) is 13.5. The highest BCUT2D eigenvalue weighted by Crippen LogP contribution is 2.16. The van der Waals surface area contributed by atoms with E-state index in [-0.39, 0.29) is 5.91 Å². The molecule has 1 fully saturated rings. The van der Waals surface area contributed by atoms with E-state index in [0.29, 0.717) is 12.3 Å². The van der Waals surface area contributed by atoms with Gasteiger partial charge in [0, 0.05) is 39.4 Å². The maximum atomic E-state index is 11.7. The van der Waals surface area contributed by atoms with Crippen molar-refractivity contribution in [1.29, 1.82) is 0 Å². The second kappa shape index (κ2) is 7.28. The fourth-order valence-electron chi connectivity index (χ4n) is 2.42. The smallest absolute Gasteiger partial charge is 0.220 e. The second-order valence-electron chi connectivity index (χ2n) is 5.26. The van der Waals surface area contributed by atoms with Gasteiger partial charge in [-0.2, -0.15) is 5.10 Å². The highest BCUT2D eigenvalue weighted by Gasteiger charge is 2.17. The predicted octanol–water partition coefficient (Wildman–Crippen LogP) is 1.29. The van der Waals surface area contributed by atoms with Gasteiger partial charge in [-0.05, 0) is 37.2 Å². The van der Waals surface area contributed by atoms with Crippen LogP contribution in [0.5, 0.6) is 0 Å². The lowest BCUT2D eigenvalue weighted by Crippen LogP contribution is -2.29. The van der Waals surface area contributed by atoms with Crippen molar-refractivity contribution in [2.45, 2.75) is 32.1 Å². The fraction of sp³-hybridized carbons (Fsp3) is 0.714. The predicted molar refractivity (Wildman–Crippen MR) is 72.7 cm³/mol. The zero-order valence-electron chi connectivity index (χ0n) is 11.6. The molecule has 5 heteroatoms. The Balaban J connectivity index is 1.56. The molecule has 0 aromatic carbocycles. The molecule has 0 spiro atoms. The minimum Gasteiger partial charge on any atom is -0.381 e. The van der Waals surface area contributed by atoms with E-state index >= 15 is 0 Å². The standard InChI is InChI=1S/C14H23N3O2/c1-17-10-13(9-16-17)4-2-6-15-14(18)8-12-5-3-7-19-11-12/h9-10,12H,2-8,11H2,1H3,(H,15,18)/t12-/m1/s1. The second-order valence-corrected chi connectivity index (χ2v) is 5.26. The summed E-state index contributed by atoms with van der Waals surface area (Å²) < 4.78 is 7.18. The molecule has 19 heavy (non-hydrogen) atoms. The molecule has 0 aliphatic carbocycles. The van der Waals surface area contributed by atoms with Gasteiger partial charge in [0.2, 0.25) is 5.91 Å². The fourth-order valence-corrected chi connectivity index (χ4v) is 2.42. The first-order chi connectivity index (χ1) is 9.24. The van der Waals surface area contributed by atoms with Crippen molar-refractivity contribution in [2.24, 2.45) is 13.0 Å². The molecule has 0 unspecified atom stereocenters. The number of amides is 1. The minimum atomic E-state index is 0.154. The normalized spacial score (nSPS) is 19.3. The summed E-state index contributed by atoms with van der Waals surface area (Å²) in [6.07, 6.45) is 8.61. The summed E-state index contributed by atoms with van der Waals surface area (Å²) in [5.41, 5.74) is 1.22. The Labute approximate surface area is 114 Å². The monoisotopic (exact) mass is 265 g/mol. The van der Waals surface area contributed by atoms with Crippen LogP contribution in [0.3, 0.4) is 0 Å². The number of nitrogens with one attached hydrogen (secondary N) is 1. The van der Waals surface area contributed by atoms with E-state index in [4.69, 9.17) is 4.74 Å². The number of rotatable bonds is 6. The van der Waals surface area contributed by atoms with Gasteiger partial charge in [-0.25, -0.2) is 0 Å². The van der Waals surface area contributed by atoms with Crippen molar-refractivity contribution in [3.63, 3.8) is 0 Å². The summed E-state index contributed by atoms with van der Waals surface area (Å²) in [6, 6.07) is 0. The van der Waals surface area contributed by atoms with Crippen LogP contribution in [-0.2, 0) is 23.0 Å². The number of carbonyl (C=O) groups excluding carboxylic acids is 1. The van der Waals surface area contributed by atoms with Gasteiger partial charge in [0.05, 0.1) is 6.20 Å². The van der Waals surface area contributed by atoms with Crippen molar-refractivity contribution in [1.82, 2.24) is 15.1 Å². The first-order valence-electron chi connectivity index (χ1n) is 7.06. The maximum absolute atomic E-state index is 11.7. The van der Waals surface area contributed by atoms with Gasteiger partial charge in [0.1, 0.15) is 0 Å². The molecule has 1 N–H and O–H groups in total. The number of aryl methyl sites for hydroxylation is 2. The number of carbonyl (C=O) groups is 1. The molecule has 1 amide bonds. The molecular weight excluding hydrogens is 242 g/mol. The summed E-state index contributed by atoms with van der Waals surface area (Å²) in [6.45, 7) is 2.33. The Morgan fingerprint density at radius 1 is 1.63 bits per heavy atom. The topological polar surface area (TPSA) is 56.2 Å². The molecule has 2 rings (SSSR count). The van der Waals surface area contributed by atoms with E-state index in [1.165, 1.54) is 5.56 Å². The van der Waals surface area contributed by atoms with Crippen LogP contribution in [-0.4, -0.2) is 35.4 Å². The molecule has 1 aliphatic heterocycles. The van der Waals surface area contributed by atoms with Crippen LogP contribution in [0.2, 0.25) is 0 Å².